The zero-order valence-corrected chi connectivity index (χ0v) is 20.7. The first-order valence-electron chi connectivity index (χ1n) is 11.6. The van der Waals surface area contributed by atoms with Gasteiger partial charge in [0.15, 0.2) is 6.61 Å². The molecule has 0 radical (unpaired) electrons. The lowest BCUT2D eigenvalue weighted by atomic mass is 9.65. The van der Waals surface area contributed by atoms with E-state index in [4.69, 9.17) is 4.74 Å². The average Bonchev–Trinajstić information content (AvgIpc) is 3.06. The molecule has 2 bridgehead atoms. The van der Waals surface area contributed by atoms with E-state index in [2.05, 4.69) is 26.1 Å². The summed E-state index contributed by atoms with van der Waals surface area (Å²) in [6.07, 6.45) is 2.67. The van der Waals surface area contributed by atoms with E-state index in [0.29, 0.717) is 13.1 Å². The molecule has 8 heteroatoms. The molecule has 1 saturated carbocycles. The number of benzene rings is 2. The molecule has 0 aromatic heterocycles. The Labute approximate surface area is 201 Å². The number of hydrogen-bond donors (Lipinski definition) is 1. The van der Waals surface area contributed by atoms with Crippen LogP contribution < -0.4 is 5.32 Å². The highest BCUT2D eigenvalue weighted by atomic mass is 32.2. The second-order valence-corrected chi connectivity index (χ2v) is 12.5. The average molecular weight is 485 g/mol. The first-order chi connectivity index (χ1) is 16.0. The fourth-order valence-corrected chi connectivity index (χ4v) is 7.49. The molecule has 1 aliphatic carbocycles. The Morgan fingerprint density at radius 2 is 1.79 bits per heavy atom. The van der Waals surface area contributed by atoms with Gasteiger partial charge in [0.1, 0.15) is 0 Å². The molecule has 2 atom stereocenters. The second-order valence-electron chi connectivity index (χ2n) is 10.6. The number of carbonyl (C=O) groups excluding carboxylic acids is 2. The van der Waals surface area contributed by atoms with Crippen LogP contribution in [0.25, 0.3) is 0 Å². The van der Waals surface area contributed by atoms with Crippen molar-refractivity contribution in [1.29, 1.82) is 0 Å². The second kappa shape index (κ2) is 9.15. The van der Waals surface area contributed by atoms with Gasteiger partial charge in [0.05, 0.1) is 10.5 Å². The molecule has 2 aromatic rings. The van der Waals surface area contributed by atoms with Gasteiger partial charge in [-0.2, -0.15) is 4.31 Å². The minimum atomic E-state index is -3.76. The van der Waals surface area contributed by atoms with Gasteiger partial charge < -0.3 is 10.1 Å². The van der Waals surface area contributed by atoms with Crippen molar-refractivity contribution in [3.05, 3.63) is 65.7 Å². The van der Waals surface area contributed by atoms with Crippen molar-refractivity contribution in [2.75, 3.05) is 13.2 Å². The lowest BCUT2D eigenvalue weighted by Crippen LogP contribution is -2.37. The highest BCUT2D eigenvalue weighted by molar-refractivity contribution is 7.89. The lowest BCUT2D eigenvalue weighted by Gasteiger charge is -2.39. The summed E-state index contributed by atoms with van der Waals surface area (Å²) in [5.41, 5.74) is 1.09. The van der Waals surface area contributed by atoms with E-state index < -0.39 is 28.5 Å². The summed E-state index contributed by atoms with van der Waals surface area (Å²) in [5.74, 6) is -1.17. The van der Waals surface area contributed by atoms with Crippen molar-refractivity contribution in [3.63, 3.8) is 0 Å². The number of rotatable bonds is 7. The van der Waals surface area contributed by atoms with Crippen LogP contribution in [0.3, 0.4) is 0 Å². The number of sulfonamides is 1. The van der Waals surface area contributed by atoms with Gasteiger partial charge >= 0.3 is 5.97 Å². The standard InChI is InChI=1S/C26H32N2O5S/c1-25(2)13-21-14-26(3,17-25)18-28(21)34(31,32)22-11-7-10-20(12-22)24(30)33-16-23(29)27-15-19-8-5-4-6-9-19/h4-12,21H,13-18H2,1-3H3,(H,27,29)/t21-,26+/m1/s1. The van der Waals surface area contributed by atoms with Crippen LogP contribution in [0.5, 0.6) is 0 Å². The Morgan fingerprint density at radius 1 is 1.06 bits per heavy atom. The maximum absolute atomic E-state index is 13.5. The summed E-state index contributed by atoms with van der Waals surface area (Å²) >= 11 is 0. The molecule has 7 nitrogen and oxygen atoms in total. The van der Waals surface area contributed by atoms with Crippen LogP contribution in [0.4, 0.5) is 0 Å². The molecule has 0 unspecified atom stereocenters. The van der Waals surface area contributed by atoms with Gasteiger partial charge in [-0.1, -0.05) is 57.2 Å². The largest absolute Gasteiger partial charge is 0.452 e. The number of nitrogens with one attached hydrogen (secondary N) is 1. The Hall–Kier alpha value is -2.71. The number of amides is 1. The normalized spacial score (nSPS) is 23.9. The summed E-state index contributed by atoms with van der Waals surface area (Å²) in [6, 6.07) is 15.2. The molecule has 2 aliphatic rings. The molecule has 1 heterocycles. The molecular formula is C26H32N2O5S. The van der Waals surface area contributed by atoms with Crippen LogP contribution in [-0.4, -0.2) is 43.8 Å². The molecule has 0 spiro atoms. The first-order valence-corrected chi connectivity index (χ1v) is 13.0. The zero-order valence-electron chi connectivity index (χ0n) is 19.9. The van der Waals surface area contributed by atoms with E-state index in [1.807, 2.05) is 30.3 Å². The van der Waals surface area contributed by atoms with Crippen LogP contribution in [0.1, 0.15) is 56.0 Å². The smallest absolute Gasteiger partial charge is 0.338 e. The third-order valence-electron chi connectivity index (χ3n) is 6.71. The minimum absolute atomic E-state index is 0.0386. The molecule has 4 rings (SSSR count). The van der Waals surface area contributed by atoms with Gasteiger partial charge in [0.2, 0.25) is 10.0 Å². The highest BCUT2D eigenvalue weighted by Gasteiger charge is 2.53. The Kier molecular flexibility index (Phi) is 6.57. The predicted octanol–water partition coefficient (Wildman–Crippen LogP) is 3.75. The Balaban J connectivity index is 1.40. The fourth-order valence-electron chi connectivity index (χ4n) is 5.67. The third kappa shape index (κ3) is 5.33. The van der Waals surface area contributed by atoms with Gasteiger partial charge in [0.25, 0.3) is 5.91 Å². The molecule has 182 valence electrons. The summed E-state index contributed by atoms with van der Waals surface area (Å²) < 4.78 is 33.7. The van der Waals surface area contributed by atoms with Gasteiger partial charge in [-0.3, -0.25) is 4.79 Å². The van der Waals surface area contributed by atoms with E-state index in [0.717, 1.165) is 24.8 Å². The van der Waals surface area contributed by atoms with Crippen molar-refractivity contribution in [2.24, 2.45) is 10.8 Å². The number of carbonyl (C=O) groups is 2. The zero-order chi connectivity index (χ0) is 24.6. The molecule has 2 fully saturated rings. The maximum atomic E-state index is 13.5. The van der Waals surface area contributed by atoms with Crippen LogP contribution in [0.2, 0.25) is 0 Å². The van der Waals surface area contributed by atoms with Crippen molar-refractivity contribution in [3.8, 4) is 0 Å². The maximum Gasteiger partial charge on any atom is 0.338 e. The van der Waals surface area contributed by atoms with Crippen molar-refractivity contribution >= 4 is 21.9 Å². The van der Waals surface area contributed by atoms with Gasteiger partial charge in [-0.05, 0) is 53.9 Å². The quantitative estimate of drug-likeness (QED) is 0.604. The third-order valence-corrected chi connectivity index (χ3v) is 8.60. The van der Waals surface area contributed by atoms with E-state index in [1.165, 1.54) is 24.3 Å². The van der Waals surface area contributed by atoms with Gasteiger partial charge in [0, 0.05) is 19.1 Å². The minimum Gasteiger partial charge on any atom is -0.452 e. The molecule has 1 saturated heterocycles. The summed E-state index contributed by atoms with van der Waals surface area (Å²) in [7, 11) is -3.76. The van der Waals surface area contributed by atoms with Crippen LogP contribution in [0, 0.1) is 10.8 Å². The molecule has 34 heavy (non-hydrogen) atoms. The predicted molar refractivity (Wildman–Crippen MR) is 128 cm³/mol. The van der Waals surface area contributed by atoms with E-state index in [-0.39, 0.29) is 27.3 Å². The molecule has 1 amide bonds. The Bertz CT molecular complexity index is 1180. The number of esters is 1. The summed E-state index contributed by atoms with van der Waals surface area (Å²) in [6.45, 7) is 6.93. The van der Waals surface area contributed by atoms with Gasteiger partial charge in [-0.15, -0.1) is 0 Å². The monoisotopic (exact) mass is 484 g/mol. The van der Waals surface area contributed by atoms with Crippen LogP contribution >= 0.6 is 0 Å². The number of ether oxygens (including phenoxy) is 1. The van der Waals surface area contributed by atoms with Crippen LogP contribution in [-0.2, 0) is 26.1 Å². The molecular weight excluding hydrogens is 452 g/mol. The Morgan fingerprint density at radius 3 is 2.53 bits per heavy atom. The first kappa shape index (κ1) is 24.4. The topological polar surface area (TPSA) is 92.8 Å². The van der Waals surface area contributed by atoms with E-state index >= 15 is 0 Å². The lowest BCUT2D eigenvalue weighted by molar-refractivity contribution is -0.124. The summed E-state index contributed by atoms with van der Waals surface area (Å²) in [4.78, 5) is 24.7. The van der Waals surface area contributed by atoms with E-state index in [9.17, 15) is 18.0 Å². The highest BCUT2D eigenvalue weighted by Crippen LogP contribution is 2.53. The SMILES string of the molecule is CC1(C)C[C@@H]2C[C@](C)(CN2S(=O)(=O)c2cccc(C(=O)OCC(=O)NCc3ccccc3)c2)C1. The number of hydrogen-bond acceptors (Lipinski definition) is 5. The number of fused-ring (bicyclic) bond motifs is 2. The van der Waals surface area contributed by atoms with Crippen molar-refractivity contribution in [2.45, 2.75) is 57.5 Å². The fraction of sp³-hybridized carbons (Fsp3) is 0.462. The number of nitrogens with zero attached hydrogens (tertiary/aromatic N) is 1. The van der Waals surface area contributed by atoms with Crippen molar-refractivity contribution in [1.82, 2.24) is 9.62 Å². The summed E-state index contributed by atoms with van der Waals surface area (Å²) in [5, 5.41) is 2.69. The van der Waals surface area contributed by atoms with Gasteiger partial charge in [-0.25, -0.2) is 13.2 Å². The molecule has 2 aromatic carbocycles. The molecule has 1 N–H and O–H groups in total. The molecule has 1 aliphatic heterocycles. The van der Waals surface area contributed by atoms with Crippen LogP contribution in [0.15, 0.2) is 59.5 Å². The van der Waals surface area contributed by atoms with Crippen molar-refractivity contribution < 1.29 is 22.7 Å². The van der Waals surface area contributed by atoms with E-state index in [1.54, 1.807) is 4.31 Å².